The van der Waals surface area contributed by atoms with Crippen LogP contribution >= 0.6 is 0 Å². The number of aliphatic carboxylic acids is 1. The molecule has 0 saturated carbocycles. The van der Waals surface area contributed by atoms with E-state index in [1.165, 1.54) is 0 Å². The standard InChI is InChI=1S/C11H18N2O3/c14-10-9(11(15)16)2-1-7-13(10)8-3-5-12-6-4-8/h8-9,12H,1-7H2,(H,15,16). The van der Waals surface area contributed by atoms with E-state index in [4.69, 9.17) is 5.11 Å². The predicted octanol–water partition coefficient (Wildman–Crippen LogP) is 0.0616. The second-order valence-corrected chi connectivity index (χ2v) is 4.55. The van der Waals surface area contributed by atoms with Crippen LogP contribution in [0.25, 0.3) is 0 Å². The normalized spacial score (nSPS) is 28.1. The predicted molar refractivity (Wildman–Crippen MR) is 58.0 cm³/mol. The quantitative estimate of drug-likeness (QED) is 0.653. The van der Waals surface area contributed by atoms with Crippen LogP contribution in [0.4, 0.5) is 0 Å². The van der Waals surface area contributed by atoms with E-state index in [2.05, 4.69) is 5.32 Å². The first-order valence-corrected chi connectivity index (χ1v) is 5.94. The molecule has 5 nitrogen and oxygen atoms in total. The molecule has 2 aliphatic rings. The summed E-state index contributed by atoms with van der Waals surface area (Å²) in [6, 6.07) is 0.246. The maximum Gasteiger partial charge on any atom is 0.316 e. The highest BCUT2D eigenvalue weighted by Gasteiger charge is 2.37. The summed E-state index contributed by atoms with van der Waals surface area (Å²) in [4.78, 5) is 24.7. The Morgan fingerprint density at radius 3 is 2.62 bits per heavy atom. The topological polar surface area (TPSA) is 69.6 Å². The van der Waals surface area contributed by atoms with Gasteiger partial charge in [0.05, 0.1) is 0 Å². The summed E-state index contributed by atoms with van der Waals surface area (Å²) in [5, 5.41) is 12.2. The van der Waals surface area contributed by atoms with Crippen LogP contribution in [0.2, 0.25) is 0 Å². The third-order valence-electron chi connectivity index (χ3n) is 3.52. The number of hydrogen-bond acceptors (Lipinski definition) is 3. The molecule has 1 unspecified atom stereocenters. The lowest BCUT2D eigenvalue weighted by Gasteiger charge is -2.38. The zero-order chi connectivity index (χ0) is 11.5. The average Bonchev–Trinajstić information content (AvgIpc) is 2.30. The fraction of sp³-hybridized carbons (Fsp3) is 0.818. The van der Waals surface area contributed by atoms with Crippen LogP contribution in [0, 0.1) is 5.92 Å². The number of carboxylic acid groups (broad SMARTS) is 1. The number of carbonyl (C=O) groups excluding carboxylic acids is 1. The van der Waals surface area contributed by atoms with Crippen LogP contribution in [0.1, 0.15) is 25.7 Å². The Morgan fingerprint density at radius 1 is 1.31 bits per heavy atom. The highest BCUT2D eigenvalue weighted by molar-refractivity contribution is 5.97. The zero-order valence-corrected chi connectivity index (χ0v) is 9.32. The molecule has 90 valence electrons. The van der Waals surface area contributed by atoms with Gasteiger partial charge in [0.25, 0.3) is 0 Å². The van der Waals surface area contributed by atoms with E-state index < -0.39 is 11.9 Å². The fourth-order valence-corrected chi connectivity index (χ4v) is 2.61. The van der Waals surface area contributed by atoms with E-state index >= 15 is 0 Å². The van der Waals surface area contributed by atoms with Crippen molar-refractivity contribution >= 4 is 11.9 Å². The highest BCUT2D eigenvalue weighted by atomic mass is 16.4. The van der Waals surface area contributed by atoms with Gasteiger partial charge in [-0.1, -0.05) is 0 Å². The number of amides is 1. The lowest BCUT2D eigenvalue weighted by molar-refractivity contribution is -0.155. The van der Waals surface area contributed by atoms with Gasteiger partial charge >= 0.3 is 5.97 Å². The zero-order valence-electron chi connectivity index (χ0n) is 9.32. The molecule has 1 amide bonds. The molecule has 0 aromatic heterocycles. The SMILES string of the molecule is O=C(O)C1CCCN(C2CCNCC2)C1=O. The minimum atomic E-state index is -0.969. The monoisotopic (exact) mass is 226 g/mol. The van der Waals surface area contributed by atoms with Crippen LogP contribution in [0.3, 0.4) is 0 Å². The van der Waals surface area contributed by atoms with Gasteiger partial charge in [0.1, 0.15) is 5.92 Å². The third kappa shape index (κ3) is 2.19. The number of likely N-dealkylation sites (tertiary alicyclic amines) is 1. The third-order valence-corrected chi connectivity index (χ3v) is 3.52. The van der Waals surface area contributed by atoms with Crippen molar-refractivity contribution in [2.75, 3.05) is 19.6 Å². The molecule has 2 fully saturated rings. The summed E-state index contributed by atoms with van der Waals surface area (Å²) >= 11 is 0. The Kier molecular flexibility index (Phi) is 3.43. The van der Waals surface area contributed by atoms with Gasteiger partial charge in [0, 0.05) is 12.6 Å². The first kappa shape index (κ1) is 11.4. The molecule has 2 heterocycles. The van der Waals surface area contributed by atoms with Crippen molar-refractivity contribution < 1.29 is 14.7 Å². The Hall–Kier alpha value is -1.10. The number of nitrogens with zero attached hydrogens (tertiary/aromatic N) is 1. The number of nitrogens with one attached hydrogen (secondary N) is 1. The van der Waals surface area contributed by atoms with Crippen molar-refractivity contribution in [1.29, 1.82) is 0 Å². The highest BCUT2D eigenvalue weighted by Crippen LogP contribution is 2.23. The van der Waals surface area contributed by atoms with E-state index in [1.54, 1.807) is 4.90 Å². The number of piperidine rings is 2. The minimum Gasteiger partial charge on any atom is -0.481 e. The van der Waals surface area contributed by atoms with Gasteiger partial charge in [-0.05, 0) is 38.8 Å². The number of rotatable bonds is 2. The fourth-order valence-electron chi connectivity index (χ4n) is 2.61. The summed E-state index contributed by atoms with van der Waals surface area (Å²) < 4.78 is 0. The Bertz CT molecular complexity index is 287. The van der Waals surface area contributed by atoms with Crippen LogP contribution in [-0.4, -0.2) is 47.6 Å². The lowest BCUT2D eigenvalue weighted by atomic mass is 9.93. The van der Waals surface area contributed by atoms with Crippen molar-refractivity contribution in [3.63, 3.8) is 0 Å². The van der Waals surface area contributed by atoms with Crippen molar-refractivity contribution in [1.82, 2.24) is 10.2 Å². The summed E-state index contributed by atoms with van der Waals surface area (Å²) in [5.74, 6) is -1.95. The number of hydrogen-bond donors (Lipinski definition) is 2. The van der Waals surface area contributed by atoms with Gasteiger partial charge in [0.2, 0.25) is 5.91 Å². The second-order valence-electron chi connectivity index (χ2n) is 4.55. The van der Waals surface area contributed by atoms with Crippen LogP contribution in [-0.2, 0) is 9.59 Å². The second kappa shape index (κ2) is 4.82. The molecule has 2 rings (SSSR count). The molecule has 5 heteroatoms. The first-order valence-electron chi connectivity index (χ1n) is 5.94. The first-order chi connectivity index (χ1) is 7.70. The van der Waals surface area contributed by atoms with Crippen molar-refractivity contribution in [3.05, 3.63) is 0 Å². The lowest BCUT2D eigenvalue weighted by Crippen LogP contribution is -2.52. The van der Waals surface area contributed by atoms with Gasteiger partial charge in [-0.3, -0.25) is 9.59 Å². The smallest absolute Gasteiger partial charge is 0.316 e. The number of carbonyl (C=O) groups is 2. The molecular formula is C11H18N2O3. The molecule has 0 bridgehead atoms. The van der Waals surface area contributed by atoms with E-state index in [0.717, 1.165) is 38.9 Å². The van der Waals surface area contributed by atoms with Gasteiger partial charge < -0.3 is 15.3 Å². The number of carboxylic acids is 1. The van der Waals surface area contributed by atoms with E-state index in [1.807, 2.05) is 0 Å². The molecule has 2 saturated heterocycles. The maximum atomic E-state index is 12.0. The van der Waals surface area contributed by atoms with Gasteiger partial charge in [-0.15, -0.1) is 0 Å². The Labute approximate surface area is 94.8 Å². The largest absolute Gasteiger partial charge is 0.481 e. The Balaban J connectivity index is 2.03. The average molecular weight is 226 g/mol. The van der Waals surface area contributed by atoms with Crippen molar-refractivity contribution in [2.45, 2.75) is 31.7 Å². The molecule has 0 spiro atoms. The molecule has 2 aliphatic heterocycles. The summed E-state index contributed by atoms with van der Waals surface area (Å²) in [7, 11) is 0. The molecule has 16 heavy (non-hydrogen) atoms. The van der Waals surface area contributed by atoms with Crippen molar-refractivity contribution in [2.24, 2.45) is 5.92 Å². The molecule has 0 aliphatic carbocycles. The molecule has 2 N–H and O–H groups in total. The van der Waals surface area contributed by atoms with E-state index in [0.29, 0.717) is 6.42 Å². The molecule has 0 aromatic rings. The summed E-state index contributed by atoms with van der Waals surface area (Å²) in [6.45, 7) is 2.58. The van der Waals surface area contributed by atoms with Gasteiger partial charge in [-0.2, -0.15) is 0 Å². The summed E-state index contributed by atoms with van der Waals surface area (Å²) in [6.07, 6.45) is 3.19. The van der Waals surface area contributed by atoms with Gasteiger partial charge in [0.15, 0.2) is 0 Å². The molecule has 0 radical (unpaired) electrons. The van der Waals surface area contributed by atoms with Crippen LogP contribution in [0.5, 0.6) is 0 Å². The maximum absolute atomic E-state index is 12.0. The van der Waals surface area contributed by atoms with Crippen molar-refractivity contribution in [3.8, 4) is 0 Å². The van der Waals surface area contributed by atoms with Crippen LogP contribution in [0.15, 0.2) is 0 Å². The van der Waals surface area contributed by atoms with E-state index in [-0.39, 0.29) is 11.9 Å². The molecular weight excluding hydrogens is 208 g/mol. The van der Waals surface area contributed by atoms with E-state index in [9.17, 15) is 9.59 Å². The van der Waals surface area contributed by atoms with Gasteiger partial charge in [-0.25, -0.2) is 0 Å². The minimum absolute atomic E-state index is 0.175. The molecule has 1 atom stereocenters. The Morgan fingerprint density at radius 2 is 2.00 bits per heavy atom. The van der Waals surface area contributed by atoms with Crippen LogP contribution < -0.4 is 5.32 Å². The summed E-state index contributed by atoms with van der Waals surface area (Å²) in [5.41, 5.74) is 0. The molecule has 0 aromatic carbocycles.